The molecule has 0 aliphatic heterocycles. The summed E-state index contributed by atoms with van der Waals surface area (Å²) in [6.45, 7) is -0.516. The van der Waals surface area contributed by atoms with Gasteiger partial charge in [-0.25, -0.2) is 14.7 Å². The average Bonchev–Trinajstić information content (AvgIpc) is 2.96. The van der Waals surface area contributed by atoms with Crippen LogP contribution in [0.25, 0.3) is 0 Å². The first-order chi connectivity index (χ1) is 12.0. The molecule has 7 nitrogen and oxygen atoms in total. The van der Waals surface area contributed by atoms with E-state index in [0.29, 0.717) is 4.68 Å². The minimum atomic E-state index is -4.75. The lowest BCUT2D eigenvalue weighted by Crippen LogP contribution is -2.22. The van der Waals surface area contributed by atoms with Crippen molar-refractivity contribution in [3.63, 3.8) is 0 Å². The Bertz CT molecular complexity index is 842. The topological polar surface area (TPSA) is 94.9 Å². The summed E-state index contributed by atoms with van der Waals surface area (Å²) in [5.41, 5.74) is 5.37. The summed E-state index contributed by atoms with van der Waals surface area (Å²) in [6.07, 6.45) is -2.26. The molecular weight excluding hydrogens is 441 g/mol. The SMILES string of the molecule is NC(=CC(=Nc1ncccc1Cl)C(Cl)(Cl)Cl)Cn1nnnc1C(F)(F)F. The third-order valence-electron chi connectivity index (χ3n) is 2.70. The van der Waals surface area contributed by atoms with Gasteiger partial charge in [0.05, 0.1) is 17.3 Å². The van der Waals surface area contributed by atoms with Crippen LogP contribution >= 0.6 is 46.4 Å². The fourth-order valence-electron chi connectivity index (χ4n) is 1.66. The third-order valence-corrected chi connectivity index (χ3v) is 3.57. The highest BCUT2D eigenvalue weighted by Crippen LogP contribution is 2.32. The molecule has 2 rings (SSSR count). The van der Waals surface area contributed by atoms with E-state index < -0.39 is 22.3 Å². The summed E-state index contributed by atoms with van der Waals surface area (Å²) >= 11 is 23.4. The van der Waals surface area contributed by atoms with Crippen molar-refractivity contribution in [2.24, 2.45) is 10.7 Å². The fourth-order valence-corrected chi connectivity index (χ4v) is 2.11. The molecule has 26 heavy (non-hydrogen) atoms. The predicted octanol–water partition coefficient (Wildman–Crippen LogP) is 3.73. The van der Waals surface area contributed by atoms with E-state index in [-0.39, 0.29) is 22.2 Å². The number of nitrogens with zero attached hydrogens (tertiary/aromatic N) is 6. The Balaban J connectivity index is 2.37. The predicted molar refractivity (Wildman–Crippen MR) is 91.7 cm³/mol. The molecule has 0 aliphatic rings. The van der Waals surface area contributed by atoms with Crippen LogP contribution in [-0.4, -0.2) is 34.7 Å². The monoisotopic (exact) mass is 447 g/mol. The van der Waals surface area contributed by atoms with Gasteiger partial charge in [0.25, 0.3) is 5.82 Å². The number of aliphatic imine (C=N–C) groups is 1. The van der Waals surface area contributed by atoms with E-state index in [1.807, 2.05) is 0 Å². The minimum Gasteiger partial charge on any atom is -0.400 e. The van der Waals surface area contributed by atoms with Crippen molar-refractivity contribution in [3.8, 4) is 0 Å². The first-order valence-electron chi connectivity index (χ1n) is 6.54. The lowest BCUT2D eigenvalue weighted by Gasteiger charge is -2.13. The summed E-state index contributed by atoms with van der Waals surface area (Å²) in [5, 5.41) is 9.28. The van der Waals surface area contributed by atoms with Crippen molar-refractivity contribution in [1.82, 2.24) is 25.2 Å². The molecule has 0 aromatic carbocycles. The molecule has 14 heteroatoms. The van der Waals surface area contributed by atoms with Gasteiger partial charge in [0.1, 0.15) is 0 Å². The maximum Gasteiger partial charge on any atom is 0.453 e. The summed E-state index contributed by atoms with van der Waals surface area (Å²) in [4.78, 5) is 7.92. The largest absolute Gasteiger partial charge is 0.453 e. The second kappa shape index (κ2) is 7.95. The zero-order valence-corrected chi connectivity index (χ0v) is 15.4. The Morgan fingerprint density at radius 1 is 1.31 bits per heavy atom. The van der Waals surface area contributed by atoms with Crippen LogP contribution in [0.1, 0.15) is 5.82 Å². The molecule has 0 spiro atoms. The number of rotatable bonds is 4. The maximum absolute atomic E-state index is 12.8. The first-order valence-corrected chi connectivity index (χ1v) is 8.05. The highest BCUT2D eigenvalue weighted by molar-refractivity contribution is 6.77. The Hall–Kier alpha value is -1.62. The maximum atomic E-state index is 12.8. The van der Waals surface area contributed by atoms with Gasteiger partial charge < -0.3 is 5.73 Å². The van der Waals surface area contributed by atoms with Gasteiger partial charge in [0.15, 0.2) is 5.82 Å². The quantitative estimate of drug-likeness (QED) is 0.568. The highest BCUT2D eigenvalue weighted by atomic mass is 35.6. The third kappa shape index (κ3) is 5.44. The van der Waals surface area contributed by atoms with E-state index in [1.54, 1.807) is 6.07 Å². The van der Waals surface area contributed by atoms with E-state index >= 15 is 0 Å². The first kappa shape index (κ1) is 20.7. The highest BCUT2D eigenvalue weighted by Gasteiger charge is 2.38. The second-order valence-corrected chi connectivity index (χ2v) is 7.37. The van der Waals surface area contributed by atoms with Crippen molar-refractivity contribution >= 4 is 57.9 Å². The fraction of sp³-hybridized carbons (Fsp3) is 0.250. The normalized spacial score (nSPS) is 14.0. The molecule has 0 amide bonds. The Labute approximate surface area is 164 Å². The molecule has 2 heterocycles. The zero-order valence-electron chi connectivity index (χ0n) is 12.4. The summed E-state index contributed by atoms with van der Waals surface area (Å²) in [6, 6.07) is 3.07. The molecular formula is C12H8Cl4F3N7. The molecule has 2 N–H and O–H groups in total. The number of tetrazole rings is 1. The van der Waals surface area contributed by atoms with Gasteiger partial charge in [0, 0.05) is 11.9 Å². The number of nitrogens with two attached hydrogens (primary N) is 1. The summed E-state index contributed by atoms with van der Waals surface area (Å²) < 4.78 is 36.8. The molecule has 0 unspecified atom stereocenters. The van der Waals surface area contributed by atoms with Gasteiger partial charge in [-0.2, -0.15) is 13.2 Å². The smallest absolute Gasteiger partial charge is 0.400 e. The molecule has 2 aromatic rings. The van der Waals surface area contributed by atoms with Gasteiger partial charge in [-0.05, 0) is 28.6 Å². The zero-order chi connectivity index (χ0) is 19.5. The molecule has 0 saturated carbocycles. The number of pyridine rings is 1. The molecule has 0 saturated heterocycles. The number of allylic oxidation sites excluding steroid dienone is 2. The Morgan fingerprint density at radius 2 is 2.00 bits per heavy atom. The number of hydrogen-bond acceptors (Lipinski definition) is 6. The molecule has 0 atom stereocenters. The van der Waals surface area contributed by atoms with Crippen molar-refractivity contribution in [3.05, 3.63) is 40.9 Å². The van der Waals surface area contributed by atoms with Crippen molar-refractivity contribution in [1.29, 1.82) is 0 Å². The van der Waals surface area contributed by atoms with Gasteiger partial charge in [0.2, 0.25) is 3.79 Å². The Morgan fingerprint density at radius 3 is 2.58 bits per heavy atom. The van der Waals surface area contributed by atoms with Crippen LogP contribution in [0, 0.1) is 0 Å². The molecule has 0 fully saturated rings. The van der Waals surface area contributed by atoms with Crippen LogP contribution in [-0.2, 0) is 12.7 Å². The second-order valence-electron chi connectivity index (χ2n) is 4.68. The van der Waals surface area contributed by atoms with Crippen LogP contribution in [0.4, 0.5) is 19.0 Å². The number of alkyl halides is 6. The van der Waals surface area contributed by atoms with Gasteiger partial charge >= 0.3 is 6.18 Å². The summed E-state index contributed by atoms with van der Waals surface area (Å²) in [5.74, 6) is -1.29. The number of aromatic nitrogens is 5. The van der Waals surface area contributed by atoms with Crippen molar-refractivity contribution in [2.45, 2.75) is 16.5 Å². The molecule has 140 valence electrons. The lowest BCUT2D eigenvalue weighted by molar-refractivity contribution is -0.147. The molecule has 0 aliphatic carbocycles. The lowest BCUT2D eigenvalue weighted by atomic mass is 10.3. The number of halogens is 7. The van der Waals surface area contributed by atoms with Crippen LogP contribution in [0.2, 0.25) is 5.02 Å². The van der Waals surface area contributed by atoms with Crippen molar-refractivity contribution in [2.75, 3.05) is 0 Å². The molecule has 0 radical (unpaired) electrons. The summed E-state index contributed by atoms with van der Waals surface area (Å²) in [7, 11) is 0. The van der Waals surface area contributed by atoms with Crippen molar-refractivity contribution < 1.29 is 13.2 Å². The van der Waals surface area contributed by atoms with Crippen LogP contribution in [0.15, 0.2) is 35.1 Å². The van der Waals surface area contributed by atoms with Gasteiger partial charge in [-0.3, -0.25) is 0 Å². The van der Waals surface area contributed by atoms with Gasteiger partial charge in [-0.15, -0.1) is 5.10 Å². The molecule has 0 bridgehead atoms. The average molecular weight is 449 g/mol. The van der Waals surface area contributed by atoms with E-state index in [9.17, 15) is 13.2 Å². The van der Waals surface area contributed by atoms with Crippen LogP contribution in [0.3, 0.4) is 0 Å². The number of hydrogen-bond donors (Lipinski definition) is 1. The van der Waals surface area contributed by atoms with Crippen LogP contribution < -0.4 is 5.73 Å². The standard InChI is InChI=1S/C12H8Cl4F3N7/c13-7-2-1-3-21-9(7)22-8(11(14,15)16)4-6(20)5-26-10(12(17,18)19)23-24-25-26/h1-4H,5,20H2. The van der Waals surface area contributed by atoms with Gasteiger partial charge in [-0.1, -0.05) is 46.4 Å². The molecule has 2 aromatic heterocycles. The van der Waals surface area contributed by atoms with E-state index in [0.717, 1.165) is 6.08 Å². The van der Waals surface area contributed by atoms with Crippen LogP contribution in [0.5, 0.6) is 0 Å². The Kier molecular flexibility index (Phi) is 6.33. The van der Waals surface area contributed by atoms with E-state index in [1.165, 1.54) is 12.3 Å². The van der Waals surface area contributed by atoms with E-state index in [2.05, 4.69) is 25.5 Å². The minimum absolute atomic E-state index is 0.0398. The van der Waals surface area contributed by atoms with E-state index in [4.69, 9.17) is 52.1 Å².